The summed E-state index contributed by atoms with van der Waals surface area (Å²) in [6.45, 7) is 0. The summed E-state index contributed by atoms with van der Waals surface area (Å²) in [4.78, 5) is 0. The van der Waals surface area contributed by atoms with Crippen LogP contribution in [0.5, 0.6) is 0 Å². The van der Waals surface area contributed by atoms with Crippen LogP contribution in [0.1, 0.15) is 0 Å². The SMILES string of the molecule is c1ccc(-c2cccc3cccc(-c4ccc5c6ccc(-c7cccc8cccc(-c9ccccc9)c78)cc6c6ccccc6c5c4)c23)cc1. The highest BCUT2D eigenvalue weighted by molar-refractivity contribution is 6.27. The second-order valence-corrected chi connectivity index (χ2v) is 13.2. The van der Waals surface area contributed by atoms with Crippen LogP contribution in [0.3, 0.4) is 0 Å². The Morgan fingerprint density at radius 3 is 0.940 bits per heavy atom. The molecule has 0 spiro atoms. The fourth-order valence-electron chi connectivity index (χ4n) is 8.17. The predicted octanol–water partition coefficient (Wildman–Crippen LogP) is 14.1. The molecule has 0 heterocycles. The summed E-state index contributed by atoms with van der Waals surface area (Å²) in [5, 5.41) is 12.8. The standard InChI is InChI=1S/C50H32/c1-3-13-33(14-4-1)39-23-9-17-35-19-11-25-41(49(35)39)37-27-29-45-46-30-28-38(32-48(46)44-22-8-7-21-43(44)47(45)31-37)42-26-12-20-36-18-10-24-40(50(36)42)34-15-5-2-6-16-34/h1-32H. The Bertz CT molecular complexity index is 2670. The van der Waals surface area contributed by atoms with Crippen molar-refractivity contribution >= 4 is 53.9 Å². The van der Waals surface area contributed by atoms with Crippen molar-refractivity contribution in [3.05, 3.63) is 194 Å². The summed E-state index contributed by atoms with van der Waals surface area (Å²) >= 11 is 0. The van der Waals surface area contributed by atoms with E-state index in [1.165, 1.54) is 98.4 Å². The molecule has 0 aromatic heterocycles. The van der Waals surface area contributed by atoms with Crippen LogP contribution in [-0.2, 0) is 0 Å². The van der Waals surface area contributed by atoms with Gasteiger partial charge in [-0.25, -0.2) is 0 Å². The van der Waals surface area contributed by atoms with E-state index >= 15 is 0 Å². The molecule has 0 aliphatic heterocycles. The highest BCUT2D eigenvalue weighted by Crippen LogP contribution is 2.43. The highest BCUT2D eigenvalue weighted by atomic mass is 14.2. The zero-order valence-corrected chi connectivity index (χ0v) is 27.5. The van der Waals surface area contributed by atoms with E-state index in [-0.39, 0.29) is 0 Å². The Morgan fingerprint density at radius 2 is 0.540 bits per heavy atom. The van der Waals surface area contributed by atoms with E-state index in [1.54, 1.807) is 0 Å². The van der Waals surface area contributed by atoms with Crippen molar-refractivity contribution in [1.82, 2.24) is 0 Å². The number of hydrogen-bond donors (Lipinski definition) is 0. The minimum atomic E-state index is 1.23. The van der Waals surface area contributed by atoms with Gasteiger partial charge in [-0.1, -0.05) is 182 Å². The number of rotatable bonds is 4. The first-order chi connectivity index (χ1) is 24.8. The fourth-order valence-corrected chi connectivity index (χ4v) is 8.17. The van der Waals surface area contributed by atoms with E-state index in [0.717, 1.165) is 0 Å². The maximum Gasteiger partial charge on any atom is -0.00268 e. The first-order valence-electron chi connectivity index (χ1n) is 17.4. The second-order valence-electron chi connectivity index (χ2n) is 13.2. The quantitative estimate of drug-likeness (QED) is 0.169. The largest absolute Gasteiger partial charge is 0.0622 e. The maximum absolute atomic E-state index is 2.42. The normalized spacial score (nSPS) is 11.6. The molecule has 0 heteroatoms. The van der Waals surface area contributed by atoms with E-state index in [1.807, 2.05) is 0 Å². The molecule has 232 valence electrons. The average Bonchev–Trinajstić information content (AvgIpc) is 3.20. The molecule has 50 heavy (non-hydrogen) atoms. The molecule has 0 aliphatic carbocycles. The number of benzene rings is 10. The molecule has 10 aromatic carbocycles. The summed E-state index contributed by atoms with van der Waals surface area (Å²) in [7, 11) is 0. The van der Waals surface area contributed by atoms with Crippen LogP contribution < -0.4 is 0 Å². The van der Waals surface area contributed by atoms with E-state index in [9.17, 15) is 0 Å². The van der Waals surface area contributed by atoms with Gasteiger partial charge in [0, 0.05) is 0 Å². The van der Waals surface area contributed by atoms with Crippen LogP contribution in [-0.4, -0.2) is 0 Å². The van der Waals surface area contributed by atoms with Crippen molar-refractivity contribution in [3.63, 3.8) is 0 Å². The highest BCUT2D eigenvalue weighted by Gasteiger charge is 2.16. The summed E-state index contributed by atoms with van der Waals surface area (Å²) in [6.07, 6.45) is 0. The van der Waals surface area contributed by atoms with Gasteiger partial charge in [0.2, 0.25) is 0 Å². The van der Waals surface area contributed by atoms with Gasteiger partial charge >= 0.3 is 0 Å². The van der Waals surface area contributed by atoms with Crippen molar-refractivity contribution in [1.29, 1.82) is 0 Å². The van der Waals surface area contributed by atoms with Crippen molar-refractivity contribution < 1.29 is 0 Å². The first kappa shape index (κ1) is 28.5. The van der Waals surface area contributed by atoms with E-state index in [4.69, 9.17) is 0 Å². The molecule has 0 bridgehead atoms. The average molecular weight is 633 g/mol. The summed E-state index contributed by atoms with van der Waals surface area (Å²) in [5.74, 6) is 0. The monoisotopic (exact) mass is 632 g/mol. The van der Waals surface area contributed by atoms with Crippen molar-refractivity contribution in [3.8, 4) is 44.5 Å². The third-order valence-corrected chi connectivity index (χ3v) is 10.4. The molecule has 0 atom stereocenters. The van der Waals surface area contributed by atoms with Crippen molar-refractivity contribution in [2.24, 2.45) is 0 Å². The van der Waals surface area contributed by atoms with E-state index in [2.05, 4.69) is 194 Å². The maximum atomic E-state index is 2.42. The van der Waals surface area contributed by atoms with E-state index < -0.39 is 0 Å². The lowest BCUT2D eigenvalue weighted by Gasteiger charge is -2.16. The van der Waals surface area contributed by atoms with Gasteiger partial charge in [0.1, 0.15) is 0 Å². The van der Waals surface area contributed by atoms with Crippen LogP contribution in [0.2, 0.25) is 0 Å². The van der Waals surface area contributed by atoms with Gasteiger partial charge in [0.05, 0.1) is 0 Å². The smallest absolute Gasteiger partial charge is 0.00268 e. The Balaban J connectivity index is 1.20. The van der Waals surface area contributed by atoms with Crippen LogP contribution in [0.4, 0.5) is 0 Å². The molecular formula is C50H32. The van der Waals surface area contributed by atoms with Gasteiger partial charge in [0.25, 0.3) is 0 Å². The zero-order valence-electron chi connectivity index (χ0n) is 27.5. The Labute approximate surface area is 291 Å². The number of fused-ring (bicyclic) bond motifs is 8. The lowest BCUT2D eigenvalue weighted by Crippen LogP contribution is -1.89. The van der Waals surface area contributed by atoms with Gasteiger partial charge in [-0.15, -0.1) is 0 Å². The molecule has 0 amide bonds. The van der Waals surface area contributed by atoms with Gasteiger partial charge in [-0.2, -0.15) is 0 Å². The predicted molar refractivity (Wildman–Crippen MR) is 216 cm³/mol. The molecule has 10 rings (SSSR count). The molecule has 0 radical (unpaired) electrons. The Morgan fingerprint density at radius 1 is 0.200 bits per heavy atom. The van der Waals surface area contributed by atoms with Crippen LogP contribution in [0, 0.1) is 0 Å². The van der Waals surface area contributed by atoms with Gasteiger partial charge in [-0.05, 0) is 111 Å². The van der Waals surface area contributed by atoms with E-state index in [0.29, 0.717) is 0 Å². The minimum absolute atomic E-state index is 1.23. The molecular weight excluding hydrogens is 601 g/mol. The summed E-state index contributed by atoms with van der Waals surface area (Å²) < 4.78 is 0. The fraction of sp³-hybridized carbons (Fsp3) is 0. The lowest BCUT2D eigenvalue weighted by molar-refractivity contribution is 1.64. The zero-order chi connectivity index (χ0) is 33.0. The van der Waals surface area contributed by atoms with Crippen molar-refractivity contribution in [2.45, 2.75) is 0 Å². The van der Waals surface area contributed by atoms with Gasteiger partial charge < -0.3 is 0 Å². The molecule has 0 saturated heterocycles. The molecule has 0 N–H and O–H groups in total. The lowest BCUT2D eigenvalue weighted by atomic mass is 9.87. The van der Waals surface area contributed by atoms with Crippen LogP contribution >= 0.6 is 0 Å². The molecule has 10 aromatic rings. The molecule has 0 nitrogen and oxygen atoms in total. The molecule has 0 saturated carbocycles. The number of hydrogen-bond acceptors (Lipinski definition) is 0. The molecule has 0 fully saturated rings. The molecule has 0 aliphatic rings. The Kier molecular flexibility index (Phi) is 6.60. The van der Waals surface area contributed by atoms with Crippen LogP contribution in [0.15, 0.2) is 194 Å². The second kappa shape index (κ2) is 11.6. The topological polar surface area (TPSA) is 0 Å². The summed E-state index contributed by atoms with van der Waals surface area (Å²) in [6, 6.07) is 71.3. The van der Waals surface area contributed by atoms with Gasteiger partial charge in [0.15, 0.2) is 0 Å². The van der Waals surface area contributed by atoms with Crippen LogP contribution in [0.25, 0.3) is 98.4 Å². The third kappa shape index (κ3) is 4.54. The first-order valence-corrected chi connectivity index (χ1v) is 17.4. The Hall–Kier alpha value is -6.50. The summed E-state index contributed by atoms with van der Waals surface area (Å²) in [5.41, 5.74) is 9.98. The van der Waals surface area contributed by atoms with Crippen molar-refractivity contribution in [2.75, 3.05) is 0 Å². The third-order valence-electron chi connectivity index (χ3n) is 10.4. The molecule has 0 unspecified atom stereocenters. The minimum Gasteiger partial charge on any atom is -0.0622 e. The van der Waals surface area contributed by atoms with Gasteiger partial charge in [-0.3, -0.25) is 0 Å².